The summed E-state index contributed by atoms with van der Waals surface area (Å²) in [6.07, 6.45) is 1.78. The van der Waals surface area contributed by atoms with Gasteiger partial charge < -0.3 is 14.3 Å². The van der Waals surface area contributed by atoms with Gasteiger partial charge in [-0.25, -0.2) is 14.6 Å². The van der Waals surface area contributed by atoms with Crippen LogP contribution in [0.2, 0.25) is 0 Å². The van der Waals surface area contributed by atoms with Crippen molar-refractivity contribution in [1.29, 1.82) is 0 Å². The fraction of sp³-hybridized carbons (Fsp3) is 0.316. The fourth-order valence-corrected chi connectivity index (χ4v) is 3.44. The molecule has 1 aromatic carbocycles. The highest BCUT2D eigenvalue weighted by atomic mass is 16.5. The Labute approximate surface area is 168 Å². The number of benzene rings is 1. The molecular weight excluding hydrogens is 392 g/mol. The van der Waals surface area contributed by atoms with Gasteiger partial charge in [0.2, 0.25) is 0 Å². The van der Waals surface area contributed by atoms with Crippen LogP contribution in [-0.2, 0) is 36.7 Å². The summed E-state index contributed by atoms with van der Waals surface area (Å²) in [7, 11) is 2.87. The van der Waals surface area contributed by atoms with Gasteiger partial charge in [-0.2, -0.15) is 0 Å². The van der Waals surface area contributed by atoms with Crippen molar-refractivity contribution in [2.45, 2.75) is 19.5 Å². The number of ether oxygens (including phenoxy) is 1. The first kappa shape index (κ1) is 19.4. The predicted molar refractivity (Wildman–Crippen MR) is 108 cm³/mol. The number of fused-ring (bicyclic) bond motifs is 2. The number of carbonyl (C=O) groups is 1. The second kappa shape index (κ2) is 7.50. The lowest BCUT2D eigenvalue weighted by atomic mass is 10.3. The number of imidazole rings is 2. The van der Waals surface area contributed by atoms with Crippen molar-refractivity contribution >= 4 is 28.2 Å². The predicted octanol–water partition coefficient (Wildman–Crippen LogP) is -0.290. The lowest BCUT2D eigenvalue weighted by Gasteiger charge is -2.08. The molecule has 156 valence electrons. The molecule has 0 aliphatic rings. The molecule has 0 fully saturated rings. The van der Waals surface area contributed by atoms with Crippen LogP contribution in [0.15, 0.2) is 45.0 Å². The summed E-state index contributed by atoms with van der Waals surface area (Å²) in [5.74, 6) is -0.545. The molecule has 0 atom stereocenters. The van der Waals surface area contributed by atoms with Crippen molar-refractivity contribution < 1.29 is 9.53 Å². The summed E-state index contributed by atoms with van der Waals surface area (Å²) in [6.45, 7) is 0.303. The molecule has 30 heavy (non-hydrogen) atoms. The fourth-order valence-electron chi connectivity index (χ4n) is 3.44. The highest BCUT2D eigenvalue weighted by Gasteiger charge is 2.16. The van der Waals surface area contributed by atoms with Gasteiger partial charge in [0.1, 0.15) is 6.54 Å². The zero-order valence-corrected chi connectivity index (χ0v) is 16.5. The largest absolute Gasteiger partial charge is 0.464 e. The van der Waals surface area contributed by atoms with E-state index in [9.17, 15) is 19.2 Å². The van der Waals surface area contributed by atoms with Crippen LogP contribution >= 0.6 is 0 Å². The summed E-state index contributed by atoms with van der Waals surface area (Å²) in [5.41, 5.74) is 0.665. The molecule has 3 heterocycles. The molecule has 0 aliphatic carbocycles. The molecule has 0 saturated carbocycles. The summed E-state index contributed by atoms with van der Waals surface area (Å²) >= 11 is 0. The molecular formula is C19H20N6O5. The number of aryl methyl sites for hydroxylation is 2. The van der Waals surface area contributed by atoms with Gasteiger partial charge in [0, 0.05) is 20.6 Å². The van der Waals surface area contributed by atoms with Crippen molar-refractivity contribution in [3.8, 4) is 0 Å². The maximum atomic E-state index is 12.4. The minimum atomic E-state index is -0.545. The molecule has 0 aliphatic heterocycles. The number of nitrogens with one attached hydrogen (secondary N) is 1. The molecule has 11 heteroatoms. The number of aromatic nitrogens is 6. The van der Waals surface area contributed by atoms with Crippen LogP contribution in [-0.4, -0.2) is 40.8 Å². The van der Waals surface area contributed by atoms with Gasteiger partial charge in [-0.3, -0.25) is 23.3 Å². The molecule has 3 aromatic heterocycles. The third-order valence-electron chi connectivity index (χ3n) is 4.99. The normalized spacial score (nSPS) is 11.4. The van der Waals surface area contributed by atoms with Gasteiger partial charge in [0.05, 0.1) is 24.0 Å². The summed E-state index contributed by atoms with van der Waals surface area (Å²) in [5, 5.41) is 0. The van der Waals surface area contributed by atoms with Gasteiger partial charge in [-0.15, -0.1) is 0 Å². The van der Waals surface area contributed by atoms with Crippen LogP contribution in [0.25, 0.3) is 22.2 Å². The van der Waals surface area contributed by atoms with Crippen molar-refractivity contribution in [3.63, 3.8) is 0 Å². The molecule has 0 saturated heterocycles. The Kier molecular flexibility index (Phi) is 4.86. The van der Waals surface area contributed by atoms with Gasteiger partial charge in [-0.1, -0.05) is 12.1 Å². The van der Waals surface area contributed by atoms with E-state index in [1.165, 1.54) is 29.6 Å². The average Bonchev–Trinajstić information content (AvgIpc) is 3.28. The highest BCUT2D eigenvalue weighted by molar-refractivity contribution is 5.75. The van der Waals surface area contributed by atoms with Crippen molar-refractivity contribution in [2.24, 2.45) is 14.1 Å². The van der Waals surface area contributed by atoms with E-state index in [-0.39, 0.29) is 30.0 Å². The van der Waals surface area contributed by atoms with Crippen LogP contribution in [0, 0.1) is 0 Å². The first-order chi connectivity index (χ1) is 14.4. The molecule has 0 unspecified atom stereocenters. The van der Waals surface area contributed by atoms with Crippen LogP contribution < -0.4 is 16.9 Å². The maximum Gasteiger partial charge on any atom is 0.332 e. The quantitative estimate of drug-likeness (QED) is 0.343. The van der Waals surface area contributed by atoms with Crippen LogP contribution in [0.5, 0.6) is 0 Å². The van der Waals surface area contributed by atoms with Gasteiger partial charge in [0.15, 0.2) is 11.2 Å². The summed E-state index contributed by atoms with van der Waals surface area (Å²) in [6, 6.07) is 7.36. The summed E-state index contributed by atoms with van der Waals surface area (Å²) < 4.78 is 10.4. The van der Waals surface area contributed by atoms with Crippen molar-refractivity contribution in [2.75, 3.05) is 6.61 Å². The van der Waals surface area contributed by atoms with E-state index in [0.29, 0.717) is 13.0 Å². The zero-order chi connectivity index (χ0) is 21.4. The Bertz CT molecular complexity index is 1430. The number of hydrogen-bond donors (Lipinski definition) is 1. The number of aromatic amines is 1. The van der Waals surface area contributed by atoms with E-state index >= 15 is 0 Å². The Morgan fingerprint density at radius 3 is 2.70 bits per heavy atom. The lowest BCUT2D eigenvalue weighted by Crippen LogP contribution is -2.37. The number of hydrogen-bond acceptors (Lipinski definition) is 6. The molecule has 1 N–H and O–H groups in total. The molecule has 4 rings (SSSR count). The molecule has 0 bridgehead atoms. The first-order valence-electron chi connectivity index (χ1n) is 9.32. The minimum absolute atomic E-state index is 0.119. The third-order valence-corrected chi connectivity index (χ3v) is 4.99. The van der Waals surface area contributed by atoms with E-state index in [2.05, 4.69) is 9.97 Å². The number of carbonyl (C=O) groups excluding carboxylic acids is 1. The molecule has 4 aromatic rings. The SMILES string of the molecule is Cn1c(=O)c2c(ncn2CC(=O)OCCCn2c(=O)[nH]c3ccccc32)n(C)c1=O. The first-order valence-corrected chi connectivity index (χ1v) is 9.32. The molecule has 0 radical (unpaired) electrons. The smallest absolute Gasteiger partial charge is 0.332 e. The van der Waals surface area contributed by atoms with Crippen molar-refractivity contribution in [1.82, 2.24) is 28.2 Å². The second-order valence-corrected chi connectivity index (χ2v) is 6.92. The number of nitrogens with zero attached hydrogens (tertiary/aromatic N) is 5. The van der Waals surface area contributed by atoms with Crippen LogP contribution in [0.1, 0.15) is 6.42 Å². The molecule has 0 spiro atoms. The third kappa shape index (κ3) is 3.23. The van der Waals surface area contributed by atoms with E-state index in [4.69, 9.17) is 4.74 Å². The Morgan fingerprint density at radius 2 is 1.90 bits per heavy atom. The van der Waals surface area contributed by atoms with Gasteiger partial charge in [-0.05, 0) is 18.6 Å². The second-order valence-electron chi connectivity index (χ2n) is 6.92. The Balaban J connectivity index is 1.41. The highest BCUT2D eigenvalue weighted by Crippen LogP contribution is 2.09. The van der Waals surface area contributed by atoms with Gasteiger partial charge in [0.25, 0.3) is 5.56 Å². The number of H-pyrrole nitrogens is 1. The van der Waals surface area contributed by atoms with Crippen LogP contribution in [0.3, 0.4) is 0 Å². The van der Waals surface area contributed by atoms with E-state index in [0.717, 1.165) is 15.6 Å². The van der Waals surface area contributed by atoms with E-state index in [1.54, 1.807) is 4.57 Å². The average molecular weight is 412 g/mol. The number of rotatable bonds is 6. The van der Waals surface area contributed by atoms with Crippen molar-refractivity contribution in [3.05, 3.63) is 61.9 Å². The molecule has 0 amide bonds. The van der Waals surface area contributed by atoms with Gasteiger partial charge >= 0.3 is 17.3 Å². The lowest BCUT2D eigenvalue weighted by molar-refractivity contribution is -0.144. The Morgan fingerprint density at radius 1 is 1.13 bits per heavy atom. The van der Waals surface area contributed by atoms with E-state index in [1.807, 2.05) is 24.3 Å². The number of para-hydroxylation sites is 2. The summed E-state index contributed by atoms with van der Waals surface area (Å²) in [4.78, 5) is 55.5. The zero-order valence-electron chi connectivity index (χ0n) is 16.5. The minimum Gasteiger partial charge on any atom is -0.464 e. The Hall–Kier alpha value is -3.89. The standard InChI is InChI=1S/C19H20N6O5/c1-22-16-15(17(27)23(2)19(22)29)24(11-20-16)10-14(26)30-9-5-8-25-13-7-4-3-6-12(13)21-18(25)28/h3-4,6-7,11H,5,8-10H2,1-2H3,(H,21,28). The monoisotopic (exact) mass is 412 g/mol. The molecule has 11 nitrogen and oxygen atoms in total. The topological polar surface area (TPSA) is 126 Å². The van der Waals surface area contributed by atoms with Crippen LogP contribution in [0.4, 0.5) is 0 Å². The maximum absolute atomic E-state index is 12.4. The van der Waals surface area contributed by atoms with E-state index < -0.39 is 17.2 Å². The number of esters is 1.